The van der Waals surface area contributed by atoms with Gasteiger partial charge in [0.1, 0.15) is 6.54 Å². The van der Waals surface area contributed by atoms with E-state index in [-0.39, 0.29) is 24.4 Å². The fraction of sp³-hybridized carbons (Fsp3) is 0.379. The number of hydrogen-bond acceptors (Lipinski definition) is 5. The predicted octanol–water partition coefficient (Wildman–Crippen LogP) is 5.50. The molecule has 192 valence electrons. The number of methoxy groups -OCH3 is 2. The van der Waals surface area contributed by atoms with Gasteiger partial charge in [-0.2, -0.15) is 0 Å². The first-order valence-corrected chi connectivity index (χ1v) is 13.0. The van der Waals surface area contributed by atoms with E-state index < -0.39 is 0 Å². The molecule has 0 saturated heterocycles. The van der Waals surface area contributed by atoms with E-state index in [0.717, 1.165) is 16.0 Å². The molecule has 0 unspecified atom stereocenters. The lowest BCUT2D eigenvalue weighted by Gasteiger charge is -2.30. The molecule has 6 nitrogen and oxygen atoms in total. The molecule has 2 aromatic carbocycles. The van der Waals surface area contributed by atoms with E-state index in [0.29, 0.717) is 36.6 Å². The van der Waals surface area contributed by atoms with Crippen LogP contribution in [0.4, 0.5) is 0 Å². The van der Waals surface area contributed by atoms with Gasteiger partial charge in [0.05, 0.1) is 20.8 Å². The van der Waals surface area contributed by atoms with Crippen LogP contribution in [0, 0.1) is 13.8 Å². The minimum Gasteiger partial charge on any atom is -0.493 e. The van der Waals surface area contributed by atoms with Crippen molar-refractivity contribution in [2.45, 2.75) is 46.7 Å². The molecule has 0 saturated carbocycles. The van der Waals surface area contributed by atoms with Crippen LogP contribution < -0.4 is 9.47 Å². The molecule has 0 spiro atoms. The molecule has 0 bridgehead atoms. The molecule has 0 N–H and O–H groups in total. The lowest BCUT2D eigenvalue weighted by Crippen LogP contribution is -2.46. The first-order chi connectivity index (χ1) is 17.2. The summed E-state index contributed by atoms with van der Waals surface area (Å²) in [5.74, 6) is 1.14. The van der Waals surface area contributed by atoms with Crippen molar-refractivity contribution in [1.82, 2.24) is 9.80 Å². The topological polar surface area (TPSA) is 59.1 Å². The van der Waals surface area contributed by atoms with E-state index in [9.17, 15) is 9.59 Å². The number of carbonyl (C=O) groups excluding carboxylic acids is 2. The minimum absolute atomic E-state index is 0.0289. The van der Waals surface area contributed by atoms with Crippen LogP contribution >= 0.6 is 11.3 Å². The summed E-state index contributed by atoms with van der Waals surface area (Å²) in [7, 11) is 3.22. The molecular weight excluding hydrogens is 472 g/mol. The summed E-state index contributed by atoms with van der Waals surface area (Å²) >= 11 is 1.69. The molecule has 0 atom stereocenters. The molecule has 1 heterocycles. The van der Waals surface area contributed by atoms with Crippen molar-refractivity contribution in [3.63, 3.8) is 0 Å². The maximum Gasteiger partial charge on any atom is 0.254 e. The number of rotatable bonds is 11. The Bertz CT molecular complexity index is 1190. The van der Waals surface area contributed by atoms with E-state index in [1.807, 2.05) is 68.1 Å². The fourth-order valence-electron chi connectivity index (χ4n) is 4.05. The summed E-state index contributed by atoms with van der Waals surface area (Å²) in [6, 6.07) is 17.3. The van der Waals surface area contributed by atoms with Crippen LogP contribution in [0.2, 0.25) is 0 Å². The smallest absolute Gasteiger partial charge is 0.254 e. The summed E-state index contributed by atoms with van der Waals surface area (Å²) in [4.78, 5) is 32.8. The number of aryl methyl sites for hydroxylation is 2. The van der Waals surface area contributed by atoms with Crippen molar-refractivity contribution in [2.75, 3.05) is 27.3 Å². The van der Waals surface area contributed by atoms with Gasteiger partial charge in [-0.25, -0.2) is 0 Å². The molecule has 0 aliphatic carbocycles. The molecule has 3 rings (SSSR count). The van der Waals surface area contributed by atoms with Gasteiger partial charge in [-0.15, -0.1) is 11.3 Å². The first kappa shape index (κ1) is 27.3. The summed E-state index contributed by atoms with van der Waals surface area (Å²) < 4.78 is 10.8. The summed E-state index contributed by atoms with van der Waals surface area (Å²) in [6.45, 7) is 8.93. The van der Waals surface area contributed by atoms with Gasteiger partial charge in [0.2, 0.25) is 5.91 Å². The number of benzene rings is 2. The number of hydrogen-bond donors (Lipinski definition) is 0. The highest BCUT2D eigenvalue weighted by atomic mass is 32.1. The minimum atomic E-state index is -0.122. The zero-order valence-corrected chi connectivity index (χ0v) is 22.9. The van der Waals surface area contributed by atoms with Gasteiger partial charge in [0, 0.05) is 27.9 Å². The Kier molecular flexibility index (Phi) is 9.53. The Labute approximate surface area is 218 Å². The van der Waals surface area contributed by atoms with Crippen molar-refractivity contribution in [2.24, 2.45) is 0 Å². The van der Waals surface area contributed by atoms with Crippen LogP contribution in [-0.2, 0) is 17.8 Å². The van der Waals surface area contributed by atoms with Gasteiger partial charge < -0.3 is 19.3 Å². The third-order valence-electron chi connectivity index (χ3n) is 6.18. The van der Waals surface area contributed by atoms with Crippen molar-refractivity contribution in [3.05, 3.63) is 81.0 Å². The highest BCUT2D eigenvalue weighted by Crippen LogP contribution is 2.28. The molecule has 1 aromatic heterocycles. The predicted molar refractivity (Wildman–Crippen MR) is 145 cm³/mol. The lowest BCUT2D eigenvalue weighted by atomic mass is 10.1. The van der Waals surface area contributed by atoms with Crippen molar-refractivity contribution in [3.8, 4) is 11.5 Å². The maximum absolute atomic E-state index is 13.6. The molecule has 7 heteroatoms. The standard InChI is InChI=1S/C29H36N2O4S/c1-20(2)31(29(33)25-10-8-7-9-21(25)3)19-28(32)30(18-24-13-11-22(4)36-24)16-15-23-12-14-26(34-5)27(17-23)35-6/h7-14,17,20H,15-16,18-19H2,1-6H3. The third kappa shape index (κ3) is 6.88. The van der Waals surface area contributed by atoms with Crippen molar-refractivity contribution >= 4 is 23.2 Å². The second kappa shape index (κ2) is 12.6. The Hall–Kier alpha value is -3.32. The molecule has 3 aromatic rings. The Morgan fingerprint density at radius 1 is 0.944 bits per heavy atom. The summed E-state index contributed by atoms with van der Waals surface area (Å²) in [6.07, 6.45) is 0.657. The van der Waals surface area contributed by atoms with Gasteiger partial charge in [-0.3, -0.25) is 9.59 Å². The third-order valence-corrected chi connectivity index (χ3v) is 7.16. The second-order valence-corrected chi connectivity index (χ2v) is 10.5. The van der Waals surface area contributed by atoms with Gasteiger partial charge in [0.15, 0.2) is 11.5 Å². The average molecular weight is 509 g/mol. The number of carbonyl (C=O) groups is 2. The molecule has 0 fully saturated rings. The van der Waals surface area contributed by atoms with E-state index in [4.69, 9.17) is 9.47 Å². The highest BCUT2D eigenvalue weighted by Gasteiger charge is 2.25. The number of amides is 2. The zero-order chi connectivity index (χ0) is 26.2. The van der Waals surface area contributed by atoms with Crippen LogP contribution in [-0.4, -0.2) is 55.0 Å². The van der Waals surface area contributed by atoms with E-state index >= 15 is 0 Å². The lowest BCUT2D eigenvalue weighted by molar-refractivity contribution is -0.132. The maximum atomic E-state index is 13.6. The largest absolute Gasteiger partial charge is 0.493 e. The Balaban J connectivity index is 1.80. The first-order valence-electron chi connectivity index (χ1n) is 12.1. The second-order valence-electron chi connectivity index (χ2n) is 9.11. The molecule has 2 amide bonds. The number of nitrogens with zero attached hydrogens (tertiary/aromatic N) is 2. The normalized spacial score (nSPS) is 10.9. The van der Waals surface area contributed by atoms with Crippen LogP contribution in [0.15, 0.2) is 54.6 Å². The molecule has 0 aliphatic rings. The van der Waals surface area contributed by atoms with E-state index in [2.05, 4.69) is 19.1 Å². The number of ether oxygens (including phenoxy) is 2. The van der Waals surface area contributed by atoms with Crippen LogP contribution in [0.25, 0.3) is 0 Å². The van der Waals surface area contributed by atoms with Gasteiger partial charge in [0.25, 0.3) is 5.91 Å². The fourth-order valence-corrected chi connectivity index (χ4v) is 4.96. The monoisotopic (exact) mass is 508 g/mol. The average Bonchev–Trinajstić information content (AvgIpc) is 3.28. The van der Waals surface area contributed by atoms with E-state index in [1.54, 1.807) is 30.5 Å². The van der Waals surface area contributed by atoms with Gasteiger partial charge >= 0.3 is 0 Å². The molecule has 0 radical (unpaired) electrons. The van der Waals surface area contributed by atoms with Crippen LogP contribution in [0.3, 0.4) is 0 Å². The van der Waals surface area contributed by atoms with Gasteiger partial charge in [-0.1, -0.05) is 24.3 Å². The quantitative estimate of drug-likeness (QED) is 0.343. The van der Waals surface area contributed by atoms with Crippen LogP contribution in [0.5, 0.6) is 11.5 Å². The van der Waals surface area contributed by atoms with Crippen molar-refractivity contribution < 1.29 is 19.1 Å². The Morgan fingerprint density at radius 2 is 1.67 bits per heavy atom. The SMILES string of the molecule is COc1ccc(CCN(Cc2ccc(C)s2)C(=O)CN(C(=O)c2ccccc2C)C(C)C)cc1OC. The van der Waals surface area contributed by atoms with E-state index in [1.165, 1.54) is 4.88 Å². The summed E-state index contributed by atoms with van der Waals surface area (Å²) in [5, 5.41) is 0. The van der Waals surface area contributed by atoms with Crippen LogP contribution in [0.1, 0.15) is 45.1 Å². The zero-order valence-electron chi connectivity index (χ0n) is 22.0. The van der Waals surface area contributed by atoms with Gasteiger partial charge in [-0.05, 0) is 75.6 Å². The highest BCUT2D eigenvalue weighted by molar-refractivity contribution is 7.11. The molecule has 0 aliphatic heterocycles. The Morgan fingerprint density at radius 3 is 2.28 bits per heavy atom. The molecular formula is C29H36N2O4S. The number of thiophene rings is 1. The molecule has 36 heavy (non-hydrogen) atoms. The summed E-state index contributed by atoms with van der Waals surface area (Å²) in [5.41, 5.74) is 2.58. The van der Waals surface area contributed by atoms with Crippen molar-refractivity contribution in [1.29, 1.82) is 0 Å².